The van der Waals surface area contributed by atoms with Gasteiger partial charge in [0.05, 0.1) is 6.10 Å². The monoisotopic (exact) mass is 290 g/mol. The molecule has 1 aromatic rings. The lowest BCUT2D eigenvalue weighted by Gasteiger charge is -2.27. The van der Waals surface area contributed by atoms with Gasteiger partial charge >= 0.3 is 0 Å². The van der Waals surface area contributed by atoms with Crippen LogP contribution in [0, 0.1) is 0 Å². The highest BCUT2D eigenvalue weighted by molar-refractivity contribution is 9.10. The van der Waals surface area contributed by atoms with Crippen molar-refractivity contribution >= 4 is 32.4 Å². The molecule has 1 unspecified atom stereocenters. The first-order valence-electron chi connectivity index (χ1n) is 5.19. The molecule has 0 aromatic carbocycles. The third-order valence-electron chi connectivity index (χ3n) is 2.54. The SMILES string of the molecule is CN(CC1CCCCO1)c1nc(Br)cs1. The van der Waals surface area contributed by atoms with E-state index in [1.54, 1.807) is 11.3 Å². The molecule has 0 spiro atoms. The second-order valence-electron chi connectivity index (χ2n) is 3.82. The van der Waals surface area contributed by atoms with Crippen molar-refractivity contribution < 1.29 is 4.74 Å². The number of likely N-dealkylation sites (N-methyl/N-ethyl adjacent to an activating group) is 1. The van der Waals surface area contributed by atoms with Crippen molar-refractivity contribution in [2.24, 2.45) is 0 Å². The number of anilines is 1. The molecule has 0 saturated carbocycles. The van der Waals surface area contributed by atoms with Gasteiger partial charge in [0.25, 0.3) is 0 Å². The summed E-state index contributed by atoms with van der Waals surface area (Å²) in [6.07, 6.45) is 4.06. The fourth-order valence-corrected chi connectivity index (χ4v) is 2.98. The minimum atomic E-state index is 0.381. The van der Waals surface area contributed by atoms with E-state index in [4.69, 9.17) is 4.74 Å². The third kappa shape index (κ3) is 3.16. The van der Waals surface area contributed by atoms with Crippen LogP contribution in [0.15, 0.2) is 9.98 Å². The van der Waals surface area contributed by atoms with Crippen LogP contribution in [0.25, 0.3) is 0 Å². The van der Waals surface area contributed by atoms with Gasteiger partial charge in [-0.3, -0.25) is 0 Å². The van der Waals surface area contributed by atoms with Crippen LogP contribution in [0.5, 0.6) is 0 Å². The summed E-state index contributed by atoms with van der Waals surface area (Å²) in [7, 11) is 2.07. The summed E-state index contributed by atoms with van der Waals surface area (Å²) in [4.78, 5) is 6.55. The normalized spacial score (nSPS) is 21.6. The lowest BCUT2D eigenvalue weighted by atomic mass is 10.1. The van der Waals surface area contributed by atoms with Crippen LogP contribution in [-0.4, -0.2) is 31.3 Å². The number of ether oxygens (including phenoxy) is 1. The molecule has 0 aliphatic carbocycles. The number of nitrogens with zero attached hydrogens (tertiary/aromatic N) is 2. The molecule has 2 rings (SSSR count). The molecule has 0 amide bonds. The fourth-order valence-electron chi connectivity index (χ4n) is 1.76. The number of hydrogen-bond acceptors (Lipinski definition) is 4. The Labute approximate surface area is 103 Å². The predicted molar refractivity (Wildman–Crippen MR) is 66.7 cm³/mol. The van der Waals surface area contributed by atoms with Crippen LogP contribution in [-0.2, 0) is 4.74 Å². The van der Waals surface area contributed by atoms with Gasteiger partial charge in [0.1, 0.15) is 4.60 Å². The van der Waals surface area contributed by atoms with E-state index in [1.165, 1.54) is 19.3 Å². The van der Waals surface area contributed by atoms with Crippen LogP contribution in [0.3, 0.4) is 0 Å². The van der Waals surface area contributed by atoms with Crippen molar-refractivity contribution in [2.75, 3.05) is 25.1 Å². The van der Waals surface area contributed by atoms with Gasteiger partial charge in [-0.2, -0.15) is 0 Å². The molecule has 3 nitrogen and oxygen atoms in total. The van der Waals surface area contributed by atoms with Crippen molar-refractivity contribution in [2.45, 2.75) is 25.4 Å². The second-order valence-corrected chi connectivity index (χ2v) is 5.47. The van der Waals surface area contributed by atoms with Gasteiger partial charge in [-0.25, -0.2) is 4.98 Å². The number of aromatic nitrogens is 1. The smallest absolute Gasteiger partial charge is 0.186 e. The van der Waals surface area contributed by atoms with Gasteiger partial charge in [0.2, 0.25) is 0 Å². The van der Waals surface area contributed by atoms with E-state index in [9.17, 15) is 0 Å². The Bertz CT molecular complexity index is 312. The molecule has 1 atom stereocenters. The lowest BCUT2D eigenvalue weighted by molar-refractivity contribution is 0.0216. The average Bonchev–Trinajstić information content (AvgIpc) is 2.66. The highest BCUT2D eigenvalue weighted by Crippen LogP contribution is 2.24. The summed E-state index contributed by atoms with van der Waals surface area (Å²) in [6, 6.07) is 0. The maximum Gasteiger partial charge on any atom is 0.186 e. The fraction of sp³-hybridized carbons (Fsp3) is 0.700. The Morgan fingerprint density at radius 3 is 3.13 bits per heavy atom. The first-order valence-corrected chi connectivity index (χ1v) is 6.87. The molecule has 0 N–H and O–H groups in total. The van der Waals surface area contributed by atoms with Crippen molar-refractivity contribution in [3.05, 3.63) is 9.98 Å². The molecular weight excluding hydrogens is 276 g/mol. The van der Waals surface area contributed by atoms with E-state index >= 15 is 0 Å². The van der Waals surface area contributed by atoms with Gasteiger partial charge in [-0.05, 0) is 35.2 Å². The van der Waals surface area contributed by atoms with Gasteiger partial charge < -0.3 is 9.64 Å². The van der Waals surface area contributed by atoms with E-state index in [0.717, 1.165) is 22.9 Å². The lowest BCUT2D eigenvalue weighted by Crippen LogP contribution is -2.33. The Kier molecular flexibility index (Phi) is 3.99. The second kappa shape index (κ2) is 5.27. The van der Waals surface area contributed by atoms with E-state index in [2.05, 4.69) is 32.9 Å². The van der Waals surface area contributed by atoms with E-state index < -0.39 is 0 Å². The average molecular weight is 291 g/mol. The zero-order valence-electron chi connectivity index (χ0n) is 8.78. The maximum absolute atomic E-state index is 5.70. The maximum atomic E-state index is 5.70. The minimum absolute atomic E-state index is 0.381. The minimum Gasteiger partial charge on any atom is -0.376 e. The molecule has 84 valence electrons. The van der Waals surface area contributed by atoms with Gasteiger partial charge in [0, 0.05) is 25.6 Å². The van der Waals surface area contributed by atoms with Crippen LogP contribution in [0.1, 0.15) is 19.3 Å². The summed E-state index contributed by atoms with van der Waals surface area (Å²) >= 11 is 5.03. The summed E-state index contributed by atoms with van der Waals surface area (Å²) in [5, 5.41) is 3.06. The van der Waals surface area contributed by atoms with Gasteiger partial charge in [-0.1, -0.05) is 0 Å². The standard InChI is InChI=1S/C10H15BrN2OS/c1-13(10-12-9(11)7-15-10)6-8-4-2-3-5-14-8/h7-8H,2-6H2,1H3. The molecule has 1 aromatic heterocycles. The zero-order valence-corrected chi connectivity index (χ0v) is 11.2. The number of hydrogen-bond donors (Lipinski definition) is 0. The van der Waals surface area contributed by atoms with Crippen LogP contribution in [0.4, 0.5) is 5.13 Å². The molecule has 1 aliphatic rings. The first kappa shape index (κ1) is 11.4. The van der Waals surface area contributed by atoms with Gasteiger partial charge in [-0.15, -0.1) is 11.3 Å². The first-order chi connectivity index (χ1) is 7.25. The topological polar surface area (TPSA) is 25.4 Å². The molecule has 0 radical (unpaired) electrons. The molecule has 1 aliphatic heterocycles. The molecule has 1 saturated heterocycles. The summed E-state index contributed by atoms with van der Waals surface area (Å²) in [5.74, 6) is 0. The zero-order chi connectivity index (χ0) is 10.7. The number of rotatable bonds is 3. The Morgan fingerprint density at radius 1 is 1.67 bits per heavy atom. The van der Waals surface area contributed by atoms with Crippen molar-refractivity contribution in [1.29, 1.82) is 0 Å². The van der Waals surface area contributed by atoms with E-state index in [0.29, 0.717) is 6.10 Å². The largest absolute Gasteiger partial charge is 0.376 e. The Balaban J connectivity index is 1.88. The highest BCUT2D eigenvalue weighted by atomic mass is 79.9. The number of thiazole rings is 1. The van der Waals surface area contributed by atoms with E-state index in [1.807, 2.05) is 5.38 Å². The van der Waals surface area contributed by atoms with Crippen molar-refractivity contribution in [1.82, 2.24) is 4.98 Å². The predicted octanol–water partition coefficient (Wildman–Crippen LogP) is 2.91. The van der Waals surface area contributed by atoms with Gasteiger partial charge in [0.15, 0.2) is 5.13 Å². The highest BCUT2D eigenvalue weighted by Gasteiger charge is 2.17. The van der Waals surface area contributed by atoms with Crippen LogP contribution < -0.4 is 4.90 Å². The number of halogens is 1. The molecule has 15 heavy (non-hydrogen) atoms. The molecular formula is C10H15BrN2OS. The third-order valence-corrected chi connectivity index (χ3v) is 4.21. The Hall–Kier alpha value is -0.130. The van der Waals surface area contributed by atoms with E-state index in [-0.39, 0.29) is 0 Å². The molecule has 5 heteroatoms. The van der Waals surface area contributed by atoms with Crippen molar-refractivity contribution in [3.8, 4) is 0 Å². The molecule has 2 heterocycles. The molecule has 0 bridgehead atoms. The quantitative estimate of drug-likeness (QED) is 0.856. The van der Waals surface area contributed by atoms with Crippen LogP contribution in [0.2, 0.25) is 0 Å². The Morgan fingerprint density at radius 2 is 2.53 bits per heavy atom. The summed E-state index contributed by atoms with van der Waals surface area (Å²) in [5.41, 5.74) is 0. The summed E-state index contributed by atoms with van der Waals surface area (Å²) < 4.78 is 6.62. The van der Waals surface area contributed by atoms with Crippen molar-refractivity contribution in [3.63, 3.8) is 0 Å². The summed E-state index contributed by atoms with van der Waals surface area (Å²) in [6.45, 7) is 1.86. The molecule has 1 fully saturated rings. The van der Waals surface area contributed by atoms with Crippen LogP contribution >= 0.6 is 27.3 Å².